The fraction of sp³-hybridized carbons (Fsp3) is 1.00. The molecule has 0 aliphatic heterocycles. The van der Waals surface area contributed by atoms with Gasteiger partial charge in [-0.1, -0.05) is 48.1 Å². The summed E-state index contributed by atoms with van der Waals surface area (Å²) in [5, 5.41) is 0.494. The zero-order valence-corrected chi connectivity index (χ0v) is 11.6. The highest BCUT2D eigenvalue weighted by Gasteiger charge is 2.42. The van der Waals surface area contributed by atoms with Crippen LogP contribution in [-0.4, -0.2) is 25.9 Å². The van der Waals surface area contributed by atoms with Crippen LogP contribution in [0.3, 0.4) is 0 Å². The smallest absolute Gasteiger partial charge is 0.130 e. The standard InChI is InChI=1S/C11H27NSi/c1-8-12(9-2)13(7,10-3)11(4,5)6/h8-10H2,1-7H3. The summed E-state index contributed by atoms with van der Waals surface area (Å²) in [5.74, 6) is 0. The summed E-state index contributed by atoms with van der Waals surface area (Å²) in [6.45, 7) is 19.1. The minimum atomic E-state index is -1.22. The average molecular weight is 201 g/mol. The third-order valence-corrected chi connectivity index (χ3v) is 10.4. The van der Waals surface area contributed by atoms with Crippen LogP contribution < -0.4 is 0 Å². The Hall–Kier alpha value is 0.177. The van der Waals surface area contributed by atoms with E-state index in [0.717, 1.165) is 0 Å². The summed E-state index contributed by atoms with van der Waals surface area (Å²) in [7, 11) is -1.22. The zero-order chi connectivity index (χ0) is 10.7. The van der Waals surface area contributed by atoms with Gasteiger partial charge in [0.25, 0.3) is 0 Å². The van der Waals surface area contributed by atoms with E-state index in [1.54, 1.807) is 0 Å². The molecule has 0 fully saturated rings. The predicted octanol–water partition coefficient (Wildman–Crippen LogP) is 3.72. The molecule has 1 unspecified atom stereocenters. The second kappa shape index (κ2) is 4.60. The molecule has 0 aromatic heterocycles. The van der Waals surface area contributed by atoms with Crippen LogP contribution in [0.5, 0.6) is 0 Å². The second-order valence-corrected chi connectivity index (χ2v) is 10.4. The molecular weight excluding hydrogens is 174 g/mol. The van der Waals surface area contributed by atoms with Crippen LogP contribution in [0.2, 0.25) is 17.6 Å². The topological polar surface area (TPSA) is 3.24 Å². The summed E-state index contributed by atoms with van der Waals surface area (Å²) < 4.78 is 2.72. The van der Waals surface area contributed by atoms with Crippen LogP contribution in [-0.2, 0) is 0 Å². The fourth-order valence-electron chi connectivity index (χ4n) is 2.15. The van der Waals surface area contributed by atoms with Crippen LogP contribution >= 0.6 is 0 Å². The Labute approximate surface area is 85.6 Å². The summed E-state index contributed by atoms with van der Waals surface area (Å²) in [5.41, 5.74) is 0. The molecule has 0 saturated carbocycles. The molecule has 0 aliphatic rings. The molecule has 1 atom stereocenters. The van der Waals surface area contributed by atoms with Crippen molar-refractivity contribution in [3.63, 3.8) is 0 Å². The van der Waals surface area contributed by atoms with Crippen molar-refractivity contribution >= 4 is 8.24 Å². The van der Waals surface area contributed by atoms with E-state index in [2.05, 4.69) is 52.7 Å². The molecule has 0 amide bonds. The summed E-state index contributed by atoms with van der Waals surface area (Å²) in [4.78, 5) is 0. The molecule has 0 bridgehead atoms. The van der Waals surface area contributed by atoms with Gasteiger partial charge in [0.2, 0.25) is 0 Å². The molecule has 13 heavy (non-hydrogen) atoms. The van der Waals surface area contributed by atoms with E-state index in [-0.39, 0.29) is 0 Å². The number of rotatable bonds is 4. The van der Waals surface area contributed by atoms with Gasteiger partial charge in [0.1, 0.15) is 8.24 Å². The van der Waals surface area contributed by atoms with Gasteiger partial charge in [-0.2, -0.15) is 0 Å². The van der Waals surface area contributed by atoms with Gasteiger partial charge in [0.15, 0.2) is 0 Å². The molecular formula is C11H27NSi. The van der Waals surface area contributed by atoms with Gasteiger partial charge in [-0.05, 0) is 24.2 Å². The minimum Gasteiger partial charge on any atom is -0.324 e. The second-order valence-electron chi connectivity index (χ2n) is 5.05. The lowest BCUT2D eigenvalue weighted by Gasteiger charge is -2.47. The first-order chi connectivity index (χ1) is 5.83. The van der Waals surface area contributed by atoms with Crippen molar-refractivity contribution < 1.29 is 0 Å². The van der Waals surface area contributed by atoms with Gasteiger partial charge >= 0.3 is 0 Å². The van der Waals surface area contributed by atoms with Gasteiger partial charge in [0, 0.05) is 0 Å². The summed E-state index contributed by atoms with van der Waals surface area (Å²) in [6.07, 6.45) is 0. The van der Waals surface area contributed by atoms with Crippen molar-refractivity contribution in [2.45, 2.75) is 59.2 Å². The Morgan fingerprint density at radius 1 is 1.00 bits per heavy atom. The average Bonchev–Trinajstić information content (AvgIpc) is 2.04. The van der Waals surface area contributed by atoms with Crippen molar-refractivity contribution in [1.29, 1.82) is 0 Å². The third kappa shape index (κ3) is 2.56. The molecule has 2 heteroatoms. The normalized spacial score (nSPS) is 17.5. The van der Waals surface area contributed by atoms with Crippen LogP contribution in [0.1, 0.15) is 41.5 Å². The molecule has 0 N–H and O–H groups in total. The largest absolute Gasteiger partial charge is 0.324 e. The van der Waals surface area contributed by atoms with E-state index in [9.17, 15) is 0 Å². The first-order valence-electron chi connectivity index (χ1n) is 5.58. The van der Waals surface area contributed by atoms with Crippen molar-refractivity contribution in [1.82, 2.24) is 4.57 Å². The van der Waals surface area contributed by atoms with E-state index < -0.39 is 8.24 Å². The minimum absolute atomic E-state index is 0.494. The predicted molar refractivity (Wildman–Crippen MR) is 64.7 cm³/mol. The number of nitrogens with zero attached hydrogens (tertiary/aromatic N) is 1. The zero-order valence-electron chi connectivity index (χ0n) is 10.6. The Morgan fingerprint density at radius 2 is 1.38 bits per heavy atom. The monoisotopic (exact) mass is 201 g/mol. The van der Waals surface area contributed by atoms with Gasteiger partial charge in [0.05, 0.1) is 0 Å². The van der Waals surface area contributed by atoms with Crippen molar-refractivity contribution in [3.05, 3.63) is 0 Å². The lowest BCUT2D eigenvalue weighted by atomic mass is 10.2. The van der Waals surface area contributed by atoms with Gasteiger partial charge in [-0.3, -0.25) is 0 Å². The van der Waals surface area contributed by atoms with Crippen molar-refractivity contribution in [3.8, 4) is 0 Å². The molecule has 0 aromatic carbocycles. The quantitative estimate of drug-likeness (QED) is 0.627. The van der Waals surface area contributed by atoms with Gasteiger partial charge in [-0.15, -0.1) is 0 Å². The number of hydrogen-bond donors (Lipinski definition) is 0. The fourth-order valence-corrected chi connectivity index (χ4v) is 6.00. The highest BCUT2D eigenvalue weighted by molar-refractivity contribution is 6.78. The van der Waals surface area contributed by atoms with Crippen LogP contribution in [0.4, 0.5) is 0 Å². The van der Waals surface area contributed by atoms with E-state index in [1.165, 1.54) is 19.1 Å². The van der Waals surface area contributed by atoms with Gasteiger partial charge in [-0.25, -0.2) is 0 Å². The molecule has 0 heterocycles. The van der Waals surface area contributed by atoms with Crippen LogP contribution in [0, 0.1) is 0 Å². The Bertz CT molecular complexity index is 147. The maximum atomic E-state index is 2.72. The summed E-state index contributed by atoms with van der Waals surface area (Å²) in [6, 6.07) is 1.36. The molecule has 0 rings (SSSR count). The lowest BCUT2D eigenvalue weighted by Crippen LogP contribution is -2.56. The molecule has 0 radical (unpaired) electrons. The molecule has 0 saturated heterocycles. The van der Waals surface area contributed by atoms with E-state index in [1.807, 2.05) is 0 Å². The molecule has 0 spiro atoms. The maximum Gasteiger partial charge on any atom is 0.130 e. The third-order valence-electron chi connectivity index (χ3n) is 3.77. The van der Waals surface area contributed by atoms with Gasteiger partial charge < -0.3 is 4.57 Å². The maximum absolute atomic E-state index is 2.72. The van der Waals surface area contributed by atoms with E-state index in [0.29, 0.717) is 5.04 Å². The Morgan fingerprint density at radius 3 is 1.46 bits per heavy atom. The highest BCUT2D eigenvalue weighted by Crippen LogP contribution is 2.40. The Kier molecular flexibility index (Phi) is 4.67. The molecule has 0 aromatic rings. The van der Waals surface area contributed by atoms with E-state index >= 15 is 0 Å². The van der Waals surface area contributed by atoms with Crippen LogP contribution in [0.15, 0.2) is 0 Å². The van der Waals surface area contributed by atoms with Crippen molar-refractivity contribution in [2.75, 3.05) is 13.1 Å². The Balaban J connectivity index is 4.80. The first-order valence-corrected chi connectivity index (χ1v) is 8.24. The highest BCUT2D eigenvalue weighted by atomic mass is 28.3. The summed E-state index contributed by atoms with van der Waals surface area (Å²) >= 11 is 0. The van der Waals surface area contributed by atoms with Crippen LogP contribution in [0.25, 0.3) is 0 Å². The molecule has 80 valence electrons. The number of hydrogen-bond acceptors (Lipinski definition) is 1. The van der Waals surface area contributed by atoms with E-state index in [4.69, 9.17) is 0 Å². The molecule has 0 aliphatic carbocycles. The SMILES string of the molecule is CCN(CC)[Si](C)(CC)C(C)(C)C. The lowest BCUT2D eigenvalue weighted by molar-refractivity contribution is 0.431. The molecule has 1 nitrogen and oxygen atoms in total. The van der Waals surface area contributed by atoms with Crippen molar-refractivity contribution in [2.24, 2.45) is 0 Å². The first kappa shape index (κ1) is 13.2.